The molecular formula is C33H56N6O7. The Morgan fingerprint density at radius 3 is 2.07 bits per heavy atom. The van der Waals surface area contributed by atoms with E-state index in [1.54, 1.807) is 0 Å². The Bertz CT molecular complexity index is 1130. The predicted molar refractivity (Wildman–Crippen MR) is 172 cm³/mol. The highest BCUT2D eigenvalue weighted by molar-refractivity contribution is 6.37. The van der Waals surface area contributed by atoms with E-state index in [1.807, 2.05) is 48.5 Å². The minimum absolute atomic E-state index is 0.0135. The van der Waals surface area contributed by atoms with Crippen LogP contribution < -0.4 is 27.0 Å². The standard InChI is InChI=1S/C33H56N6O7/c1-18(2)22-14-25(29(42)36-23(26(40)28(34)41)13-20-9-8-10-20)39(16-22)30(43)27(33(5,6)7)38-31(44)37-24(19(3)4)17-46-32(45)35-15-21-11-12-21/h18-25,27H,8-17H2,1-7H3,(H2,34,41)(H,35,45)(H,36,42)(H2,37,38,44)/t22?,23?,24?,25-,27+/m0/s1. The lowest BCUT2D eigenvalue weighted by Crippen LogP contribution is -2.61. The van der Waals surface area contributed by atoms with Crippen LogP contribution in [0.15, 0.2) is 0 Å². The average molecular weight is 649 g/mol. The van der Waals surface area contributed by atoms with Gasteiger partial charge in [0.05, 0.1) is 12.1 Å². The number of hydrogen-bond donors (Lipinski definition) is 5. The molecule has 0 radical (unpaired) electrons. The van der Waals surface area contributed by atoms with E-state index >= 15 is 0 Å². The number of primary amides is 1. The topological polar surface area (TPSA) is 189 Å². The van der Waals surface area contributed by atoms with Gasteiger partial charge in [0.25, 0.3) is 5.91 Å². The maximum Gasteiger partial charge on any atom is 0.407 e. The summed E-state index contributed by atoms with van der Waals surface area (Å²) >= 11 is 0. The zero-order chi connectivity index (χ0) is 34.3. The fraction of sp³-hybridized carbons (Fsp3) is 0.818. The lowest BCUT2D eigenvalue weighted by atomic mass is 9.80. The van der Waals surface area contributed by atoms with Crippen molar-refractivity contribution in [1.82, 2.24) is 26.2 Å². The number of nitrogens with one attached hydrogen (secondary N) is 4. The van der Waals surface area contributed by atoms with Crippen LogP contribution in [0.1, 0.15) is 93.4 Å². The number of ether oxygens (including phenoxy) is 1. The van der Waals surface area contributed by atoms with Crippen molar-refractivity contribution in [2.75, 3.05) is 19.7 Å². The van der Waals surface area contributed by atoms with Gasteiger partial charge in [0, 0.05) is 13.1 Å². The van der Waals surface area contributed by atoms with Crippen LogP contribution in [-0.4, -0.2) is 84.4 Å². The highest BCUT2D eigenvalue weighted by atomic mass is 16.5. The van der Waals surface area contributed by atoms with Gasteiger partial charge >= 0.3 is 12.1 Å². The Morgan fingerprint density at radius 2 is 1.57 bits per heavy atom. The van der Waals surface area contributed by atoms with Gasteiger partial charge in [-0.3, -0.25) is 19.2 Å². The van der Waals surface area contributed by atoms with Gasteiger partial charge in [0.15, 0.2) is 0 Å². The third-order valence-corrected chi connectivity index (χ3v) is 9.67. The number of nitrogens with two attached hydrogens (primary N) is 1. The maximum atomic E-state index is 14.2. The SMILES string of the molecule is CC(C)C1C[C@@H](C(=O)NC(CC2CCC2)C(=O)C(N)=O)N(C(=O)[C@@H](NC(=O)NC(COC(=O)NCC2CC2)C(C)C)C(C)(C)C)C1. The molecule has 0 aromatic carbocycles. The zero-order valence-electron chi connectivity index (χ0n) is 28.6. The van der Waals surface area contributed by atoms with Gasteiger partial charge in [-0.15, -0.1) is 0 Å². The minimum atomic E-state index is -1.10. The van der Waals surface area contributed by atoms with Crippen LogP contribution in [0.3, 0.4) is 0 Å². The van der Waals surface area contributed by atoms with Crippen molar-refractivity contribution in [2.45, 2.75) is 118 Å². The molecule has 1 saturated heterocycles. The van der Waals surface area contributed by atoms with Gasteiger partial charge in [0.1, 0.15) is 18.7 Å². The summed E-state index contributed by atoms with van der Waals surface area (Å²) in [5.74, 6) is -2.02. The molecule has 0 spiro atoms. The molecule has 13 nitrogen and oxygen atoms in total. The molecule has 0 aromatic heterocycles. The minimum Gasteiger partial charge on any atom is -0.447 e. The molecular weight excluding hydrogens is 592 g/mol. The Morgan fingerprint density at radius 1 is 0.913 bits per heavy atom. The first-order valence-corrected chi connectivity index (χ1v) is 16.9. The largest absolute Gasteiger partial charge is 0.447 e. The molecule has 2 aliphatic carbocycles. The first-order valence-electron chi connectivity index (χ1n) is 16.9. The molecule has 3 unspecified atom stereocenters. The molecule has 0 aromatic rings. The average Bonchev–Trinajstić information content (AvgIpc) is 3.66. The van der Waals surface area contributed by atoms with Gasteiger partial charge < -0.3 is 36.6 Å². The summed E-state index contributed by atoms with van der Waals surface area (Å²) in [5, 5.41) is 11.2. The summed E-state index contributed by atoms with van der Waals surface area (Å²) in [4.78, 5) is 79.3. The Kier molecular flexibility index (Phi) is 12.9. The Hall–Kier alpha value is -3.38. The summed E-state index contributed by atoms with van der Waals surface area (Å²) in [6.07, 6.45) is 5.24. The van der Waals surface area contributed by atoms with Gasteiger partial charge in [-0.2, -0.15) is 0 Å². The Labute approximate surface area is 273 Å². The number of amides is 6. The van der Waals surface area contributed by atoms with Gasteiger partial charge in [-0.05, 0) is 60.7 Å². The second-order valence-corrected chi connectivity index (χ2v) is 15.3. The molecule has 3 aliphatic rings. The molecule has 5 atom stereocenters. The van der Waals surface area contributed by atoms with E-state index in [4.69, 9.17) is 10.5 Å². The molecule has 2 saturated carbocycles. The van der Waals surface area contributed by atoms with Gasteiger partial charge in [-0.1, -0.05) is 67.7 Å². The van der Waals surface area contributed by atoms with E-state index in [1.165, 1.54) is 4.90 Å². The van der Waals surface area contributed by atoms with Crippen LogP contribution in [-0.2, 0) is 23.9 Å². The fourth-order valence-electron chi connectivity index (χ4n) is 5.90. The van der Waals surface area contributed by atoms with E-state index < -0.39 is 65.2 Å². The third-order valence-electron chi connectivity index (χ3n) is 9.67. The highest BCUT2D eigenvalue weighted by Crippen LogP contribution is 2.33. The number of nitrogens with zero attached hydrogens (tertiary/aromatic N) is 1. The summed E-state index contributed by atoms with van der Waals surface area (Å²) in [5.41, 5.74) is 4.58. The molecule has 6 amide bonds. The normalized spacial score (nSPS) is 22.0. The number of rotatable bonds is 15. The zero-order valence-corrected chi connectivity index (χ0v) is 28.6. The second kappa shape index (κ2) is 15.9. The third kappa shape index (κ3) is 10.6. The lowest BCUT2D eigenvalue weighted by Gasteiger charge is -2.36. The van der Waals surface area contributed by atoms with E-state index in [0.717, 1.165) is 32.1 Å². The maximum absolute atomic E-state index is 14.2. The molecule has 0 bridgehead atoms. The first-order chi connectivity index (χ1) is 21.5. The van der Waals surface area contributed by atoms with Crippen LogP contribution in [0.5, 0.6) is 0 Å². The molecule has 6 N–H and O–H groups in total. The van der Waals surface area contributed by atoms with Crippen molar-refractivity contribution in [3.05, 3.63) is 0 Å². The van der Waals surface area contributed by atoms with Crippen LogP contribution in [0.4, 0.5) is 9.59 Å². The van der Waals surface area contributed by atoms with Gasteiger partial charge in [-0.25, -0.2) is 9.59 Å². The van der Waals surface area contributed by atoms with Crippen molar-refractivity contribution in [2.24, 2.45) is 40.7 Å². The van der Waals surface area contributed by atoms with E-state index in [9.17, 15) is 28.8 Å². The van der Waals surface area contributed by atoms with E-state index in [0.29, 0.717) is 31.8 Å². The van der Waals surface area contributed by atoms with Crippen LogP contribution >= 0.6 is 0 Å². The Balaban J connectivity index is 1.72. The summed E-state index contributed by atoms with van der Waals surface area (Å²) < 4.78 is 5.35. The van der Waals surface area contributed by atoms with Crippen molar-refractivity contribution < 1.29 is 33.5 Å². The number of Topliss-reactive ketones (excluding diaryl/α,β-unsaturated/α-hetero) is 1. The quantitative estimate of drug-likeness (QED) is 0.169. The fourth-order valence-corrected chi connectivity index (χ4v) is 5.90. The highest BCUT2D eigenvalue weighted by Gasteiger charge is 2.46. The number of urea groups is 1. The van der Waals surface area contributed by atoms with Crippen molar-refractivity contribution >= 4 is 35.6 Å². The van der Waals surface area contributed by atoms with Crippen molar-refractivity contribution in [1.29, 1.82) is 0 Å². The van der Waals surface area contributed by atoms with Crippen molar-refractivity contribution in [3.63, 3.8) is 0 Å². The molecule has 3 fully saturated rings. The number of ketones is 1. The molecule has 1 aliphatic heterocycles. The summed E-state index contributed by atoms with van der Waals surface area (Å²) in [6.45, 7) is 14.2. The van der Waals surface area contributed by atoms with E-state index in [-0.39, 0.29) is 30.3 Å². The number of likely N-dealkylation sites (tertiary alicyclic amines) is 1. The van der Waals surface area contributed by atoms with Crippen LogP contribution in [0.25, 0.3) is 0 Å². The van der Waals surface area contributed by atoms with Crippen LogP contribution in [0, 0.1) is 35.0 Å². The first kappa shape index (κ1) is 37.1. The van der Waals surface area contributed by atoms with Crippen LogP contribution in [0.2, 0.25) is 0 Å². The lowest BCUT2D eigenvalue weighted by molar-refractivity contribution is -0.143. The molecule has 46 heavy (non-hydrogen) atoms. The number of carbonyl (C=O) groups excluding carboxylic acids is 6. The molecule has 13 heteroatoms. The number of hydrogen-bond acceptors (Lipinski definition) is 7. The number of alkyl carbamates (subject to hydrolysis) is 1. The van der Waals surface area contributed by atoms with Gasteiger partial charge in [0.2, 0.25) is 17.6 Å². The monoisotopic (exact) mass is 648 g/mol. The summed E-state index contributed by atoms with van der Waals surface area (Å²) in [7, 11) is 0. The van der Waals surface area contributed by atoms with E-state index in [2.05, 4.69) is 21.3 Å². The van der Waals surface area contributed by atoms with Crippen molar-refractivity contribution in [3.8, 4) is 0 Å². The smallest absolute Gasteiger partial charge is 0.407 e. The molecule has 1 heterocycles. The summed E-state index contributed by atoms with van der Waals surface area (Å²) in [6, 6.07) is -4.03. The second-order valence-electron chi connectivity index (χ2n) is 15.3. The molecule has 260 valence electrons. The number of carbonyl (C=O) groups is 6. The molecule has 3 rings (SSSR count). The predicted octanol–water partition coefficient (Wildman–Crippen LogP) is 2.46.